The van der Waals surface area contributed by atoms with E-state index >= 15 is 0 Å². The van der Waals surface area contributed by atoms with Gasteiger partial charge in [0.25, 0.3) is 0 Å². The average Bonchev–Trinajstić information content (AvgIpc) is 3.00. The summed E-state index contributed by atoms with van der Waals surface area (Å²) in [5.74, 6) is -1.64. The molecule has 152 valence electrons. The predicted octanol–water partition coefficient (Wildman–Crippen LogP) is 3.94. The summed E-state index contributed by atoms with van der Waals surface area (Å²) in [7, 11) is 0. The molecule has 3 rings (SSSR count). The minimum Gasteiger partial charge on any atom is -0.462 e. The Bertz CT molecular complexity index is 861. The first-order valence-electron chi connectivity index (χ1n) is 9.73. The molecule has 5 nitrogen and oxygen atoms in total. The van der Waals surface area contributed by atoms with Gasteiger partial charge in [0.1, 0.15) is 12.2 Å². The topological polar surface area (TPSA) is 72.8 Å². The van der Waals surface area contributed by atoms with Crippen molar-refractivity contribution in [3.05, 3.63) is 83.9 Å². The second kappa shape index (κ2) is 9.05. The van der Waals surface area contributed by atoms with Crippen LogP contribution in [0.5, 0.6) is 0 Å². The summed E-state index contributed by atoms with van der Waals surface area (Å²) in [6, 6.07) is 18.8. The largest absolute Gasteiger partial charge is 0.462 e. The van der Waals surface area contributed by atoms with E-state index in [-0.39, 0.29) is 17.9 Å². The summed E-state index contributed by atoms with van der Waals surface area (Å²) >= 11 is 0. The van der Waals surface area contributed by atoms with Crippen molar-refractivity contribution in [2.45, 2.75) is 44.5 Å². The second-order valence-electron chi connectivity index (χ2n) is 7.43. The van der Waals surface area contributed by atoms with Gasteiger partial charge in [-0.3, -0.25) is 4.79 Å². The van der Waals surface area contributed by atoms with Gasteiger partial charge in [0.05, 0.1) is 12.0 Å². The molecule has 1 saturated heterocycles. The van der Waals surface area contributed by atoms with Gasteiger partial charge < -0.3 is 14.6 Å². The maximum Gasteiger partial charge on any atom is 0.334 e. The van der Waals surface area contributed by atoms with Crippen LogP contribution >= 0.6 is 0 Å². The van der Waals surface area contributed by atoms with E-state index in [1.165, 1.54) is 6.92 Å². The normalized spacial score (nSPS) is 21.9. The lowest BCUT2D eigenvalue weighted by Crippen LogP contribution is -2.32. The van der Waals surface area contributed by atoms with Crippen molar-refractivity contribution in [3.8, 4) is 0 Å². The maximum absolute atomic E-state index is 12.2. The molecule has 0 spiro atoms. The lowest BCUT2D eigenvalue weighted by atomic mass is 9.82. The molecule has 5 atom stereocenters. The number of hydrogen-bond acceptors (Lipinski definition) is 5. The highest BCUT2D eigenvalue weighted by Crippen LogP contribution is 2.40. The van der Waals surface area contributed by atoms with E-state index in [4.69, 9.17) is 9.47 Å². The highest BCUT2D eigenvalue weighted by Gasteiger charge is 2.45. The monoisotopic (exact) mass is 394 g/mol. The summed E-state index contributed by atoms with van der Waals surface area (Å²) < 4.78 is 11.1. The van der Waals surface area contributed by atoms with Crippen LogP contribution in [0.15, 0.2) is 72.8 Å². The fourth-order valence-corrected chi connectivity index (χ4v) is 3.86. The Balaban J connectivity index is 1.85. The van der Waals surface area contributed by atoms with E-state index in [1.807, 2.05) is 55.5 Å². The molecule has 2 aromatic carbocycles. The first-order chi connectivity index (χ1) is 13.9. The summed E-state index contributed by atoms with van der Waals surface area (Å²) in [5.41, 5.74) is 1.93. The van der Waals surface area contributed by atoms with Gasteiger partial charge in [0.15, 0.2) is 0 Å². The third-order valence-corrected chi connectivity index (χ3v) is 5.47. The van der Waals surface area contributed by atoms with Crippen LogP contribution in [-0.4, -0.2) is 29.3 Å². The quantitative estimate of drug-likeness (QED) is 0.569. The number of hydrogen-bond donors (Lipinski definition) is 1. The Kier molecular flexibility index (Phi) is 6.49. The number of esters is 2. The van der Waals surface area contributed by atoms with Crippen molar-refractivity contribution in [1.82, 2.24) is 0 Å². The van der Waals surface area contributed by atoms with Crippen LogP contribution in [0.4, 0.5) is 0 Å². The fourth-order valence-electron chi connectivity index (χ4n) is 3.86. The van der Waals surface area contributed by atoms with E-state index in [0.29, 0.717) is 5.56 Å². The number of carbonyl (C=O) groups excluding carboxylic acids is 2. The Morgan fingerprint density at radius 2 is 1.66 bits per heavy atom. The Morgan fingerprint density at radius 3 is 2.21 bits per heavy atom. The van der Waals surface area contributed by atoms with Crippen LogP contribution in [0.25, 0.3) is 0 Å². The number of cyclic esters (lactones) is 1. The molecule has 1 heterocycles. The smallest absolute Gasteiger partial charge is 0.334 e. The zero-order chi connectivity index (χ0) is 21.0. The number of aliphatic hydroxyl groups excluding tert-OH is 1. The van der Waals surface area contributed by atoms with Gasteiger partial charge in [0, 0.05) is 24.8 Å². The molecule has 1 aliphatic heterocycles. The van der Waals surface area contributed by atoms with E-state index in [1.54, 1.807) is 12.1 Å². The van der Waals surface area contributed by atoms with Crippen LogP contribution in [0.2, 0.25) is 0 Å². The van der Waals surface area contributed by atoms with Crippen molar-refractivity contribution in [2.75, 3.05) is 0 Å². The lowest BCUT2D eigenvalue weighted by molar-refractivity contribution is -0.151. The molecule has 1 aliphatic rings. The zero-order valence-electron chi connectivity index (χ0n) is 16.7. The highest BCUT2D eigenvalue weighted by atomic mass is 16.6. The van der Waals surface area contributed by atoms with Gasteiger partial charge >= 0.3 is 11.9 Å². The molecule has 0 bridgehead atoms. The van der Waals surface area contributed by atoms with Gasteiger partial charge in [-0.15, -0.1) is 0 Å². The highest BCUT2D eigenvalue weighted by molar-refractivity contribution is 5.91. The number of aliphatic hydroxyl groups is 1. The van der Waals surface area contributed by atoms with Crippen molar-refractivity contribution in [2.24, 2.45) is 5.92 Å². The van der Waals surface area contributed by atoms with Crippen molar-refractivity contribution in [1.29, 1.82) is 0 Å². The number of benzene rings is 2. The van der Waals surface area contributed by atoms with Crippen molar-refractivity contribution < 1.29 is 24.2 Å². The zero-order valence-corrected chi connectivity index (χ0v) is 16.7. The molecule has 1 N–H and O–H groups in total. The first kappa shape index (κ1) is 20.8. The summed E-state index contributed by atoms with van der Waals surface area (Å²) in [5, 5.41) is 10.9. The van der Waals surface area contributed by atoms with E-state index in [9.17, 15) is 14.7 Å². The molecule has 0 aromatic heterocycles. The van der Waals surface area contributed by atoms with Crippen LogP contribution in [0.1, 0.15) is 43.4 Å². The average molecular weight is 394 g/mol. The summed E-state index contributed by atoms with van der Waals surface area (Å²) in [4.78, 5) is 24.0. The molecule has 0 saturated carbocycles. The fraction of sp³-hybridized carbons (Fsp3) is 0.333. The summed E-state index contributed by atoms with van der Waals surface area (Å²) in [6.07, 6.45) is -1.82. The van der Waals surface area contributed by atoms with Crippen LogP contribution < -0.4 is 0 Å². The Labute approximate surface area is 171 Å². The SMILES string of the molecule is C=C1C(=O)O[C@H](C[C@@H](OC(C)=O)[C@H](C)c2ccccc2)[C@H]1[C@@H](O)c1ccccc1. The van der Waals surface area contributed by atoms with Gasteiger partial charge in [0.2, 0.25) is 0 Å². The van der Waals surface area contributed by atoms with Gasteiger partial charge in [-0.2, -0.15) is 0 Å². The minimum absolute atomic E-state index is 0.109. The van der Waals surface area contributed by atoms with Crippen molar-refractivity contribution >= 4 is 11.9 Å². The molecule has 0 unspecified atom stereocenters. The second-order valence-corrected chi connectivity index (χ2v) is 7.43. The molecule has 5 heteroatoms. The molecule has 0 radical (unpaired) electrons. The first-order valence-corrected chi connectivity index (χ1v) is 9.73. The molecular formula is C24H26O5. The third-order valence-electron chi connectivity index (χ3n) is 5.47. The number of carbonyl (C=O) groups is 2. The molecule has 1 fully saturated rings. The van der Waals surface area contributed by atoms with E-state index in [0.717, 1.165) is 5.56 Å². The maximum atomic E-state index is 12.2. The summed E-state index contributed by atoms with van der Waals surface area (Å²) in [6.45, 7) is 7.17. The minimum atomic E-state index is -0.940. The van der Waals surface area contributed by atoms with Gasteiger partial charge in [-0.25, -0.2) is 4.79 Å². The Hall–Kier alpha value is -2.92. The van der Waals surface area contributed by atoms with Gasteiger partial charge in [-0.1, -0.05) is 74.2 Å². The molecular weight excluding hydrogens is 368 g/mol. The lowest BCUT2D eigenvalue weighted by Gasteiger charge is -2.29. The number of ether oxygens (including phenoxy) is 2. The molecule has 2 aromatic rings. The van der Waals surface area contributed by atoms with Gasteiger partial charge in [-0.05, 0) is 11.1 Å². The number of rotatable bonds is 7. The van der Waals surface area contributed by atoms with Crippen LogP contribution in [-0.2, 0) is 19.1 Å². The molecule has 0 amide bonds. The van der Waals surface area contributed by atoms with E-state index in [2.05, 4.69) is 6.58 Å². The predicted molar refractivity (Wildman–Crippen MR) is 109 cm³/mol. The standard InChI is InChI=1S/C24H26O5/c1-15(18-10-6-4-7-11-18)20(28-17(3)25)14-21-22(16(2)24(27)29-21)23(26)19-12-8-5-9-13-19/h4-13,15,20-23,26H,2,14H2,1,3H3/t15-,20-,21-,22+,23+/m1/s1. The Morgan fingerprint density at radius 1 is 1.10 bits per heavy atom. The van der Waals surface area contributed by atoms with Crippen molar-refractivity contribution in [3.63, 3.8) is 0 Å². The van der Waals surface area contributed by atoms with Crippen LogP contribution in [0, 0.1) is 5.92 Å². The van der Waals surface area contributed by atoms with E-state index < -0.39 is 36.2 Å². The third kappa shape index (κ3) is 4.74. The molecule has 0 aliphatic carbocycles. The van der Waals surface area contributed by atoms with Crippen LogP contribution in [0.3, 0.4) is 0 Å². The molecule has 29 heavy (non-hydrogen) atoms.